The molecule has 1 aromatic carbocycles. The summed E-state index contributed by atoms with van der Waals surface area (Å²) in [5.74, 6) is -0.0381. The lowest BCUT2D eigenvalue weighted by atomic mass is 10.0. The van der Waals surface area contributed by atoms with Crippen LogP contribution < -0.4 is 15.5 Å². The second-order valence-electron chi connectivity index (χ2n) is 9.94. The number of hydrogen-bond acceptors (Lipinski definition) is 5. The maximum atomic E-state index is 14.5. The molecule has 6 rings (SSSR count). The van der Waals surface area contributed by atoms with Gasteiger partial charge in [0, 0.05) is 67.4 Å². The minimum atomic E-state index is -0.482. The second kappa shape index (κ2) is 8.34. The number of hydrogen-bond donors (Lipinski definition) is 2. The number of rotatable bonds is 5. The number of anilines is 2. The summed E-state index contributed by atoms with van der Waals surface area (Å²) >= 11 is 0. The van der Waals surface area contributed by atoms with Crippen molar-refractivity contribution >= 4 is 33.8 Å². The molecule has 0 spiro atoms. The molecule has 35 heavy (non-hydrogen) atoms. The van der Waals surface area contributed by atoms with Crippen molar-refractivity contribution in [3.05, 3.63) is 53.9 Å². The minimum absolute atomic E-state index is 0.240. The van der Waals surface area contributed by atoms with Crippen LogP contribution in [0.4, 0.5) is 15.8 Å². The van der Waals surface area contributed by atoms with Gasteiger partial charge in [-0.15, -0.1) is 0 Å². The second-order valence-corrected chi connectivity index (χ2v) is 9.94. The average molecular weight is 476 g/mol. The zero-order valence-corrected chi connectivity index (χ0v) is 20.3. The maximum Gasteiger partial charge on any atom is 0.257 e. The Hall–Kier alpha value is -3.46. The molecule has 1 saturated heterocycles. The van der Waals surface area contributed by atoms with Gasteiger partial charge in [0.2, 0.25) is 0 Å². The van der Waals surface area contributed by atoms with E-state index in [0.717, 1.165) is 30.1 Å². The lowest BCUT2D eigenvalue weighted by Crippen LogP contribution is -2.56. The quantitative estimate of drug-likeness (QED) is 0.457. The third-order valence-electron chi connectivity index (χ3n) is 7.10. The highest BCUT2D eigenvalue weighted by atomic mass is 19.1. The zero-order chi connectivity index (χ0) is 24.3. The van der Waals surface area contributed by atoms with Crippen molar-refractivity contribution in [3.8, 4) is 0 Å². The molecule has 2 atom stereocenters. The van der Waals surface area contributed by atoms with Crippen LogP contribution in [0.2, 0.25) is 0 Å². The topological polar surface area (TPSA) is 79.5 Å². The number of nitrogens with one attached hydrogen (secondary N) is 2. The Morgan fingerprint density at radius 1 is 1.23 bits per heavy atom. The summed E-state index contributed by atoms with van der Waals surface area (Å²) in [4.78, 5) is 19.9. The Balaban J connectivity index is 1.35. The van der Waals surface area contributed by atoms with Crippen LogP contribution in [0.15, 0.2) is 36.8 Å². The molecular formula is C26H30FN7O. The summed E-state index contributed by atoms with van der Waals surface area (Å²) < 4.78 is 18.0. The van der Waals surface area contributed by atoms with Gasteiger partial charge in [-0.1, -0.05) is 0 Å². The number of aryl methyl sites for hydroxylation is 2. The predicted octanol–water partition coefficient (Wildman–Crippen LogP) is 3.98. The Morgan fingerprint density at radius 3 is 2.83 bits per heavy atom. The highest BCUT2D eigenvalue weighted by Crippen LogP contribution is 2.37. The van der Waals surface area contributed by atoms with Gasteiger partial charge in [-0.2, -0.15) is 5.10 Å². The first-order chi connectivity index (χ1) is 16.9. The number of amides is 1. The number of pyridine rings is 1. The fraction of sp³-hybridized carbons (Fsp3) is 0.423. The fourth-order valence-corrected chi connectivity index (χ4v) is 5.30. The van der Waals surface area contributed by atoms with Crippen LogP contribution in [0.5, 0.6) is 0 Å². The standard InChI is InChI=1S/C26H30FN7O/c1-4-34-13-20-23(32-10-15(2)28-22(14-32)17-5-6-17)8-7-19(24(20)31-34)26(35)30-18-9-21(27)25-29-16(3)11-33(25)12-18/h7-9,11-13,15,17,22,28H,4-6,10,14H2,1-3H3,(H,30,35). The van der Waals surface area contributed by atoms with E-state index >= 15 is 0 Å². The minimum Gasteiger partial charge on any atom is -0.368 e. The van der Waals surface area contributed by atoms with E-state index in [1.807, 2.05) is 29.9 Å². The van der Waals surface area contributed by atoms with Gasteiger partial charge in [0.15, 0.2) is 11.5 Å². The maximum absolute atomic E-state index is 14.5. The van der Waals surface area contributed by atoms with Crippen molar-refractivity contribution in [1.29, 1.82) is 0 Å². The largest absolute Gasteiger partial charge is 0.368 e. The van der Waals surface area contributed by atoms with Gasteiger partial charge in [-0.05, 0) is 51.7 Å². The van der Waals surface area contributed by atoms with Crippen molar-refractivity contribution in [2.45, 2.75) is 52.2 Å². The molecule has 8 nitrogen and oxygen atoms in total. The van der Waals surface area contributed by atoms with Crippen LogP contribution in [-0.4, -0.2) is 50.2 Å². The molecule has 2 N–H and O–H groups in total. The van der Waals surface area contributed by atoms with E-state index in [4.69, 9.17) is 5.10 Å². The van der Waals surface area contributed by atoms with Crippen molar-refractivity contribution in [3.63, 3.8) is 0 Å². The van der Waals surface area contributed by atoms with E-state index in [9.17, 15) is 9.18 Å². The number of halogens is 1. The summed E-state index contributed by atoms with van der Waals surface area (Å²) in [6, 6.07) is 6.06. The van der Waals surface area contributed by atoms with Crippen molar-refractivity contribution in [1.82, 2.24) is 24.5 Å². The SMILES string of the molecule is CCn1cc2c(N3CC(C)NC(C4CC4)C3)ccc(C(=O)Nc3cc(F)c4nc(C)cn4c3)c2n1. The lowest BCUT2D eigenvalue weighted by Gasteiger charge is -2.39. The predicted molar refractivity (Wildman–Crippen MR) is 135 cm³/mol. The third kappa shape index (κ3) is 4.03. The van der Waals surface area contributed by atoms with Crippen molar-refractivity contribution in [2.75, 3.05) is 23.3 Å². The van der Waals surface area contributed by atoms with Gasteiger partial charge in [0.05, 0.1) is 16.9 Å². The molecule has 3 aromatic heterocycles. The van der Waals surface area contributed by atoms with Gasteiger partial charge in [-0.3, -0.25) is 9.48 Å². The van der Waals surface area contributed by atoms with Crippen LogP contribution in [-0.2, 0) is 6.54 Å². The average Bonchev–Trinajstić information content (AvgIpc) is 3.47. The molecule has 1 amide bonds. The van der Waals surface area contributed by atoms with E-state index in [-0.39, 0.29) is 11.6 Å². The molecule has 1 saturated carbocycles. The van der Waals surface area contributed by atoms with Gasteiger partial charge in [-0.25, -0.2) is 9.37 Å². The molecule has 4 heterocycles. The zero-order valence-electron chi connectivity index (χ0n) is 20.3. The van der Waals surface area contributed by atoms with Gasteiger partial charge in [0.1, 0.15) is 5.52 Å². The molecule has 9 heteroatoms. The van der Waals surface area contributed by atoms with E-state index in [1.165, 1.54) is 18.9 Å². The lowest BCUT2D eigenvalue weighted by molar-refractivity contribution is 0.102. The van der Waals surface area contributed by atoms with E-state index in [2.05, 4.69) is 27.4 Å². The van der Waals surface area contributed by atoms with Crippen LogP contribution in [0.1, 0.15) is 42.7 Å². The molecule has 0 bridgehead atoms. The number of carbonyl (C=O) groups is 1. The highest BCUT2D eigenvalue weighted by molar-refractivity contribution is 6.13. The van der Waals surface area contributed by atoms with Gasteiger partial charge >= 0.3 is 0 Å². The Morgan fingerprint density at radius 2 is 2.06 bits per heavy atom. The molecule has 182 valence electrons. The summed E-state index contributed by atoms with van der Waals surface area (Å²) in [7, 11) is 0. The van der Waals surface area contributed by atoms with E-state index in [1.54, 1.807) is 23.7 Å². The number of nitrogens with zero attached hydrogens (tertiary/aromatic N) is 5. The van der Waals surface area contributed by atoms with Crippen LogP contribution in [0.25, 0.3) is 16.6 Å². The van der Waals surface area contributed by atoms with Crippen LogP contribution >= 0.6 is 0 Å². The molecule has 2 unspecified atom stereocenters. The summed E-state index contributed by atoms with van der Waals surface area (Å²) in [6.07, 6.45) is 8.03. The number of benzene rings is 1. The molecule has 4 aromatic rings. The van der Waals surface area contributed by atoms with Crippen molar-refractivity contribution in [2.24, 2.45) is 5.92 Å². The Labute approximate surface area is 203 Å². The fourth-order valence-electron chi connectivity index (χ4n) is 5.30. The van der Waals surface area contributed by atoms with Crippen LogP contribution in [0, 0.1) is 18.7 Å². The molecule has 1 aliphatic carbocycles. The first-order valence-corrected chi connectivity index (χ1v) is 12.4. The molecule has 2 aliphatic rings. The van der Waals surface area contributed by atoms with Crippen molar-refractivity contribution < 1.29 is 9.18 Å². The first kappa shape index (κ1) is 22.0. The third-order valence-corrected chi connectivity index (χ3v) is 7.10. The van der Waals surface area contributed by atoms with Gasteiger partial charge < -0.3 is 19.9 Å². The Kier molecular flexibility index (Phi) is 5.25. The van der Waals surface area contributed by atoms with Gasteiger partial charge in [0.25, 0.3) is 5.91 Å². The monoisotopic (exact) mass is 475 g/mol. The molecule has 0 radical (unpaired) electrons. The first-order valence-electron chi connectivity index (χ1n) is 12.4. The van der Waals surface area contributed by atoms with E-state index in [0.29, 0.717) is 41.1 Å². The number of imidazole rings is 1. The number of aromatic nitrogens is 4. The normalized spacial score (nSPS) is 20.6. The number of fused-ring (bicyclic) bond motifs is 2. The molecule has 1 aliphatic heterocycles. The Bertz CT molecular complexity index is 1440. The summed E-state index contributed by atoms with van der Waals surface area (Å²) in [5, 5.41) is 12.3. The summed E-state index contributed by atoms with van der Waals surface area (Å²) in [5.41, 5.74) is 3.56. The molecule has 2 fully saturated rings. The number of piperazine rings is 1. The number of carbonyl (C=O) groups excluding carboxylic acids is 1. The smallest absolute Gasteiger partial charge is 0.257 e. The van der Waals surface area contributed by atoms with E-state index < -0.39 is 5.82 Å². The highest BCUT2D eigenvalue weighted by Gasteiger charge is 2.36. The van der Waals surface area contributed by atoms with Crippen LogP contribution in [0.3, 0.4) is 0 Å². The molecular weight excluding hydrogens is 445 g/mol. The summed E-state index contributed by atoms with van der Waals surface area (Å²) in [6.45, 7) is 8.64.